The lowest BCUT2D eigenvalue weighted by molar-refractivity contribution is -0.384. The molecule has 0 amide bonds. The summed E-state index contributed by atoms with van der Waals surface area (Å²) in [5.41, 5.74) is 4.29. The van der Waals surface area contributed by atoms with Crippen molar-refractivity contribution in [2.45, 2.75) is 10.9 Å². The fourth-order valence-electron chi connectivity index (χ4n) is 3.00. The fraction of sp³-hybridized carbons (Fsp3) is 0.0909. The van der Waals surface area contributed by atoms with Crippen LogP contribution in [0.2, 0.25) is 0 Å². The van der Waals surface area contributed by atoms with Gasteiger partial charge in [0.2, 0.25) is 0 Å². The number of non-ortho nitro benzene ring substituents is 1. The van der Waals surface area contributed by atoms with E-state index in [1.54, 1.807) is 23.9 Å². The lowest BCUT2D eigenvalue weighted by Crippen LogP contribution is -1.95. The third-order valence-electron chi connectivity index (χ3n) is 4.60. The summed E-state index contributed by atoms with van der Waals surface area (Å²) in [6.45, 7) is 0. The van der Waals surface area contributed by atoms with Crippen molar-refractivity contribution in [1.29, 1.82) is 0 Å². The van der Waals surface area contributed by atoms with E-state index >= 15 is 0 Å². The predicted molar refractivity (Wildman–Crippen MR) is 115 cm³/mol. The molecule has 0 spiro atoms. The van der Waals surface area contributed by atoms with Gasteiger partial charge in [0, 0.05) is 30.5 Å². The molecule has 0 aliphatic rings. The van der Waals surface area contributed by atoms with Crippen molar-refractivity contribution in [3.63, 3.8) is 0 Å². The molecule has 144 valence electrons. The van der Waals surface area contributed by atoms with Crippen molar-refractivity contribution in [3.05, 3.63) is 94.5 Å². The van der Waals surface area contributed by atoms with Crippen LogP contribution in [-0.4, -0.2) is 19.7 Å². The number of nitro benzene ring substituents is 1. The van der Waals surface area contributed by atoms with Gasteiger partial charge >= 0.3 is 0 Å². The maximum absolute atomic E-state index is 10.8. The highest BCUT2D eigenvalue weighted by Crippen LogP contribution is 2.27. The molecule has 0 saturated heterocycles. The van der Waals surface area contributed by atoms with Crippen LogP contribution in [0.25, 0.3) is 22.5 Å². The molecule has 0 fully saturated rings. The Bertz CT molecular complexity index is 1120. The molecule has 6 nitrogen and oxygen atoms in total. The van der Waals surface area contributed by atoms with Crippen LogP contribution in [0.15, 0.2) is 84.0 Å². The Hall–Kier alpha value is -3.45. The van der Waals surface area contributed by atoms with Crippen LogP contribution in [0.4, 0.5) is 5.69 Å². The summed E-state index contributed by atoms with van der Waals surface area (Å²) in [6.07, 6.45) is 0. The number of aromatic nitrogens is 3. The van der Waals surface area contributed by atoms with E-state index in [1.807, 2.05) is 54.1 Å². The molecular weight excluding hydrogens is 384 g/mol. The number of thioether (sulfide) groups is 1. The van der Waals surface area contributed by atoms with Crippen molar-refractivity contribution in [2.24, 2.45) is 7.05 Å². The molecule has 0 aliphatic carbocycles. The third-order valence-corrected chi connectivity index (χ3v) is 5.69. The summed E-state index contributed by atoms with van der Waals surface area (Å²) >= 11 is 1.64. The van der Waals surface area contributed by atoms with Gasteiger partial charge in [-0.25, -0.2) is 0 Å². The molecule has 0 atom stereocenters. The Morgan fingerprint density at radius 2 is 1.48 bits per heavy atom. The van der Waals surface area contributed by atoms with Gasteiger partial charge in [0.15, 0.2) is 11.0 Å². The van der Waals surface area contributed by atoms with Gasteiger partial charge in [-0.1, -0.05) is 66.4 Å². The molecule has 0 radical (unpaired) electrons. The average molecular weight is 402 g/mol. The molecule has 0 aliphatic heterocycles. The Balaban J connectivity index is 1.43. The first kappa shape index (κ1) is 18.9. The highest BCUT2D eigenvalue weighted by atomic mass is 32.2. The number of hydrogen-bond acceptors (Lipinski definition) is 5. The maximum Gasteiger partial charge on any atom is 0.269 e. The van der Waals surface area contributed by atoms with Crippen molar-refractivity contribution < 1.29 is 4.92 Å². The second kappa shape index (κ2) is 8.28. The van der Waals surface area contributed by atoms with E-state index in [2.05, 4.69) is 22.3 Å². The fourth-order valence-corrected chi connectivity index (χ4v) is 3.86. The zero-order valence-electron chi connectivity index (χ0n) is 15.7. The number of nitro groups is 1. The van der Waals surface area contributed by atoms with Crippen LogP contribution in [0, 0.1) is 10.1 Å². The van der Waals surface area contributed by atoms with Crippen LogP contribution in [0.3, 0.4) is 0 Å². The first-order valence-electron chi connectivity index (χ1n) is 9.03. The number of rotatable bonds is 6. The van der Waals surface area contributed by atoms with Crippen molar-refractivity contribution in [2.75, 3.05) is 0 Å². The maximum atomic E-state index is 10.8. The largest absolute Gasteiger partial charge is 0.305 e. The van der Waals surface area contributed by atoms with Crippen LogP contribution in [0.1, 0.15) is 5.56 Å². The van der Waals surface area contributed by atoms with Gasteiger partial charge in [0.25, 0.3) is 5.69 Å². The van der Waals surface area contributed by atoms with E-state index in [0.717, 1.165) is 33.4 Å². The second-order valence-corrected chi connectivity index (χ2v) is 7.46. The first-order valence-corrected chi connectivity index (χ1v) is 10.0. The minimum Gasteiger partial charge on any atom is -0.305 e. The molecular formula is C22H18N4O2S. The topological polar surface area (TPSA) is 73.8 Å². The quantitative estimate of drug-likeness (QED) is 0.247. The first-order chi connectivity index (χ1) is 14.1. The van der Waals surface area contributed by atoms with Gasteiger partial charge < -0.3 is 4.57 Å². The van der Waals surface area contributed by atoms with Crippen LogP contribution < -0.4 is 0 Å². The Morgan fingerprint density at radius 3 is 2.10 bits per heavy atom. The molecule has 1 aromatic heterocycles. The minimum atomic E-state index is -0.389. The summed E-state index contributed by atoms with van der Waals surface area (Å²) < 4.78 is 2.01. The summed E-state index contributed by atoms with van der Waals surface area (Å²) in [5.74, 6) is 1.63. The molecule has 1 heterocycles. The number of nitrogens with zero attached hydrogens (tertiary/aromatic N) is 4. The predicted octanol–water partition coefficient (Wildman–Crippen LogP) is 5.35. The van der Waals surface area contributed by atoms with Crippen LogP contribution >= 0.6 is 11.8 Å². The van der Waals surface area contributed by atoms with E-state index in [0.29, 0.717) is 0 Å². The summed E-state index contributed by atoms with van der Waals surface area (Å²) in [4.78, 5) is 10.4. The minimum absolute atomic E-state index is 0.0975. The number of benzene rings is 3. The van der Waals surface area contributed by atoms with Gasteiger partial charge in [0.05, 0.1) is 4.92 Å². The SMILES string of the molecule is Cn1c(SCc2ccc(-c3ccc([N+](=O)[O-])cc3)cc2)nnc1-c1ccccc1. The zero-order valence-corrected chi connectivity index (χ0v) is 16.5. The Kier molecular flexibility index (Phi) is 5.39. The lowest BCUT2D eigenvalue weighted by Gasteiger charge is -2.06. The van der Waals surface area contributed by atoms with E-state index < -0.39 is 0 Å². The van der Waals surface area contributed by atoms with Gasteiger partial charge in [-0.3, -0.25) is 10.1 Å². The molecule has 4 aromatic rings. The van der Waals surface area contributed by atoms with E-state index in [4.69, 9.17) is 0 Å². The molecule has 4 rings (SSSR count). The zero-order chi connectivity index (χ0) is 20.2. The molecule has 0 N–H and O–H groups in total. The van der Waals surface area contributed by atoms with Gasteiger partial charge in [-0.05, 0) is 28.8 Å². The van der Waals surface area contributed by atoms with E-state index in [-0.39, 0.29) is 10.6 Å². The number of hydrogen-bond donors (Lipinski definition) is 0. The average Bonchev–Trinajstić information content (AvgIpc) is 3.13. The second-order valence-electron chi connectivity index (χ2n) is 6.52. The Morgan fingerprint density at radius 1 is 0.862 bits per heavy atom. The standard InChI is InChI=1S/C22H18N4O2S/c1-25-21(19-5-3-2-4-6-19)23-24-22(25)29-15-16-7-9-17(10-8-16)18-11-13-20(14-12-18)26(27)28/h2-14H,15H2,1H3. The molecule has 29 heavy (non-hydrogen) atoms. The summed E-state index contributed by atoms with van der Waals surface area (Å²) in [6, 6.07) is 24.8. The lowest BCUT2D eigenvalue weighted by atomic mass is 10.0. The molecule has 3 aromatic carbocycles. The van der Waals surface area contributed by atoms with Crippen molar-refractivity contribution in [3.8, 4) is 22.5 Å². The molecule has 7 heteroatoms. The van der Waals surface area contributed by atoms with E-state index in [1.165, 1.54) is 17.7 Å². The normalized spacial score (nSPS) is 10.8. The molecule has 0 bridgehead atoms. The van der Waals surface area contributed by atoms with Gasteiger partial charge in [-0.15, -0.1) is 10.2 Å². The van der Waals surface area contributed by atoms with Crippen LogP contribution in [-0.2, 0) is 12.8 Å². The molecule has 0 saturated carbocycles. The highest BCUT2D eigenvalue weighted by molar-refractivity contribution is 7.98. The molecule has 0 unspecified atom stereocenters. The van der Waals surface area contributed by atoms with Gasteiger partial charge in [0.1, 0.15) is 0 Å². The van der Waals surface area contributed by atoms with Crippen molar-refractivity contribution >= 4 is 17.4 Å². The highest BCUT2D eigenvalue weighted by Gasteiger charge is 2.11. The monoisotopic (exact) mass is 402 g/mol. The third kappa shape index (κ3) is 4.20. The van der Waals surface area contributed by atoms with Crippen LogP contribution in [0.5, 0.6) is 0 Å². The smallest absolute Gasteiger partial charge is 0.269 e. The summed E-state index contributed by atoms with van der Waals surface area (Å²) in [5, 5.41) is 20.3. The van der Waals surface area contributed by atoms with Gasteiger partial charge in [-0.2, -0.15) is 0 Å². The Labute approximate surface area is 172 Å². The van der Waals surface area contributed by atoms with Crippen molar-refractivity contribution in [1.82, 2.24) is 14.8 Å². The van der Waals surface area contributed by atoms with E-state index in [9.17, 15) is 10.1 Å². The summed E-state index contributed by atoms with van der Waals surface area (Å²) in [7, 11) is 1.97.